The molecule has 28 heavy (non-hydrogen) atoms. The second-order valence-electron chi connectivity index (χ2n) is 7.76. The molecule has 0 saturated carbocycles. The molecule has 5 heteroatoms. The minimum atomic E-state index is 0.0409. The van der Waals surface area contributed by atoms with Crippen LogP contribution in [0.15, 0.2) is 47.5 Å². The summed E-state index contributed by atoms with van der Waals surface area (Å²) < 4.78 is 17.1. The van der Waals surface area contributed by atoms with Crippen molar-refractivity contribution in [3.8, 4) is 11.5 Å². The van der Waals surface area contributed by atoms with Crippen LogP contribution < -0.4 is 14.8 Å². The fourth-order valence-electron chi connectivity index (χ4n) is 3.97. The highest BCUT2D eigenvalue weighted by Gasteiger charge is 2.35. The van der Waals surface area contributed by atoms with Crippen LogP contribution in [0.4, 0.5) is 0 Å². The van der Waals surface area contributed by atoms with Crippen LogP contribution in [-0.4, -0.2) is 38.8 Å². The van der Waals surface area contributed by atoms with E-state index >= 15 is 0 Å². The van der Waals surface area contributed by atoms with E-state index in [1.54, 1.807) is 14.2 Å². The number of fused-ring (bicyclic) bond motifs is 1. The molecule has 0 amide bonds. The van der Waals surface area contributed by atoms with Crippen molar-refractivity contribution in [1.82, 2.24) is 5.32 Å². The smallest absolute Gasteiger partial charge is 0.201 e. The maximum atomic E-state index is 6.00. The summed E-state index contributed by atoms with van der Waals surface area (Å²) in [5.74, 6) is 2.79. The fraction of sp³-hybridized carbons (Fsp3) is 0.435. The van der Waals surface area contributed by atoms with Gasteiger partial charge < -0.3 is 14.2 Å². The Morgan fingerprint density at radius 1 is 1.07 bits per heavy atom. The lowest BCUT2D eigenvalue weighted by molar-refractivity contribution is 0.275. The first kappa shape index (κ1) is 18.8. The Balaban J connectivity index is 1.75. The van der Waals surface area contributed by atoms with E-state index in [1.807, 2.05) is 6.07 Å². The Morgan fingerprint density at radius 2 is 1.79 bits per heavy atom. The van der Waals surface area contributed by atoms with Crippen LogP contribution in [0.3, 0.4) is 0 Å². The summed E-state index contributed by atoms with van der Waals surface area (Å²) in [5.41, 5.74) is 3.65. The Kier molecular flexibility index (Phi) is 5.27. The highest BCUT2D eigenvalue weighted by molar-refractivity contribution is 5.84. The zero-order chi connectivity index (χ0) is 19.7. The molecule has 2 aromatic rings. The maximum absolute atomic E-state index is 6.00. The van der Waals surface area contributed by atoms with Gasteiger partial charge in [0.25, 0.3) is 0 Å². The van der Waals surface area contributed by atoms with Crippen LogP contribution in [0.25, 0.3) is 0 Å². The molecule has 0 fully saturated rings. The number of hydrogen-bond donors (Lipinski definition) is 1. The summed E-state index contributed by atoms with van der Waals surface area (Å²) in [7, 11) is 3.35. The van der Waals surface area contributed by atoms with Gasteiger partial charge in [0.1, 0.15) is 6.61 Å². The van der Waals surface area contributed by atoms with Crippen molar-refractivity contribution < 1.29 is 14.2 Å². The summed E-state index contributed by atoms with van der Waals surface area (Å²) in [6.07, 6.45) is 0.808. The summed E-state index contributed by atoms with van der Waals surface area (Å²) in [6.45, 7) is 5.04. The summed E-state index contributed by atoms with van der Waals surface area (Å²) >= 11 is 0. The van der Waals surface area contributed by atoms with E-state index < -0.39 is 0 Å². The van der Waals surface area contributed by atoms with Crippen molar-refractivity contribution in [3.63, 3.8) is 0 Å². The van der Waals surface area contributed by atoms with Crippen LogP contribution >= 0.6 is 0 Å². The molecular weight excluding hydrogens is 352 g/mol. The minimum Gasteiger partial charge on any atom is -0.493 e. The van der Waals surface area contributed by atoms with Gasteiger partial charge in [-0.25, -0.2) is 4.99 Å². The van der Waals surface area contributed by atoms with Gasteiger partial charge in [0.2, 0.25) is 5.90 Å². The number of hydrogen-bond acceptors (Lipinski definition) is 5. The number of rotatable bonds is 5. The Labute approximate surface area is 166 Å². The molecule has 4 rings (SSSR count). The van der Waals surface area contributed by atoms with E-state index in [0.717, 1.165) is 23.8 Å². The second-order valence-corrected chi connectivity index (χ2v) is 7.76. The van der Waals surface area contributed by atoms with Crippen LogP contribution in [0.5, 0.6) is 11.5 Å². The summed E-state index contributed by atoms with van der Waals surface area (Å²) in [6, 6.07) is 15.0. The first-order chi connectivity index (χ1) is 13.6. The number of aliphatic imine (C=N–C) groups is 1. The number of ether oxygens (including phenoxy) is 3. The van der Waals surface area contributed by atoms with Crippen molar-refractivity contribution in [2.24, 2.45) is 10.9 Å². The van der Waals surface area contributed by atoms with Crippen molar-refractivity contribution >= 4 is 5.90 Å². The number of benzene rings is 2. The first-order valence-corrected chi connectivity index (χ1v) is 9.87. The lowest BCUT2D eigenvalue weighted by Gasteiger charge is -2.33. The van der Waals surface area contributed by atoms with E-state index in [-0.39, 0.29) is 18.1 Å². The third-order valence-electron chi connectivity index (χ3n) is 5.64. The monoisotopic (exact) mass is 380 g/mol. The molecule has 148 valence electrons. The fourth-order valence-corrected chi connectivity index (χ4v) is 3.97. The number of methoxy groups -OCH3 is 2. The van der Waals surface area contributed by atoms with Gasteiger partial charge in [-0.05, 0) is 41.2 Å². The predicted molar refractivity (Wildman–Crippen MR) is 110 cm³/mol. The van der Waals surface area contributed by atoms with Gasteiger partial charge in [0.05, 0.1) is 32.3 Å². The Bertz CT molecular complexity index is 864. The van der Waals surface area contributed by atoms with Crippen molar-refractivity contribution in [1.29, 1.82) is 0 Å². The zero-order valence-corrected chi connectivity index (χ0v) is 16.9. The average molecular weight is 380 g/mol. The molecule has 0 aromatic heterocycles. The standard InChI is InChI=1S/C23H28N2O3/c1-14(2)19-13-28-23(25-19)18-10-16-11-20(26-3)21(27-4)12-17(16)22(24-18)15-8-6-5-7-9-15/h5-9,11-12,14,18-19,22,24H,10,13H2,1-4H3/t18-,19-,22+/m0/s1. The van der Waals surface area contributed by atoms with Crippen LogP contribution in [-0.2, 0) is 11.2 Å². The Hall–Kier alpha value is -2.53. The molecule has 0 saturated heterocycles. The van der Waals surface area contributed by atoms with Crippen molar-refractivity contribution in [2.45, 2.75) is 38.4 Å². The number of nitrogens with one attached hydrogen (secondary N) is 1. The van der Waals surface area contributed by atoms with Crippen LogP contribution in [0, 0.1) is 5.92 Å². The van der Waals surface area contributed by atoms with E-state index in [2.05, 4.69) is 55.6 Å². The molecular formula is C23H28N2O3. The van der Waals surface area contributed by atoms with E-state index in [0.29, 0.717) is 12.5 Å². The molecule has 0 spiro atoms. The molecule has 0 bridgehead atoms. The molecule has 1 N–H and O–H groups in total. The second kappa shape index (κ2) is 7.84. The number of nitrogens with zero attached hydrogens (tertiary/aromatic N) is 1. The van der Waals surface area contributed by atoms with E-state index in [9.17, 15) is 0 Å². The molecule has 0 radical (unpaired) electrons. The molecule has 2 aromatic carbocycles. The summed E-state index contributed by atoms with van der Waals surface area (Å²) in [5, 5.41) is 3.76. The van der Waals surface area contributed by atoms with Gasteiger partial charge in [0, 0.05) is 0 Å². The predicted octanol–water partition coefficient (Wildman–Crippen LogP) is 3.76. The van der Waals surface area contributed by atoms with Gasteiger partial charge in [-0.2, -0.15) is 0 Å². The molecule has 0 aliphatic carbocycles. The van der Waals surface area contributed by atoms with E-state index in [1.165, 1.54) is 16.7 Å². The van der Waals surface area contributed by atoms with E-state index in [4.69, 9.17) is 19.2 Å². The van der Waals surface area contributed by atoms with Gasteiger partial charge in [-0.3, -0.25) is 5.32 Å². The average Bonchev–Trinajstić information content (AvgIpc) is 3.23. The lowest BCUT2D eigenvalue weighted by Crippen LogP contribution is -2.45. The molecule has 5 nitrogen and oxygen atoms in total. The largest absolute Gasteiger partial charge is 0.493 e. The SMILES string of the molecule is COc1cc2c(cc1OC)[C@@H](c1ccccc1)N[C@H](C1=N[C@H](C(C)C)CO1)C2. The third kappa shape index (κ3) is 3.47. The third-order valence-corrected chi connectivity index (χ3v) is 5.64. The first-order valence-electron chi connectivity index (χ1n) is 9.87. The van der Waals surface area contributed by atoms with Gasteiger partial charge in [-0.15, -0.1) is 0 Å². The summed E-state index contributed by atoms with van der Waals surface area (Å²) in [4.78, 5) is 4.86. The van der Waals surface area contributed by atoms with Gasteiger partial charge >= 0.3 is 0 Å². The van der Waals surface area contributed by atoms with Gasteiger partial charge in [-0.1, -0.05) is 44.2 Å². The zero-order valence-electron chi connectivity index (χ0n) is 16.9. The topological polar surface area (TPSA) is 52.1 Å². The van der Waals surface area contributed by atoms with Crippen molar-refractivity contribution in [2.75, 3.05) is 20.8 Å². The Morgan fingerprint density at radius 3 is 2.43 bits per heavy atom. The van der Waals surface area contributed by atoms with Crippen molar-refractivity contribution in [3.05, 3.63) is 59.2 Å². The van der Waals surface area contributed by atoms with Gasteiger partial charge in [0.15, 0.2) is 11.5 Å². The quantitative estimate of drug-likeness (QED) is 0.858. The lowest BCUT2D eigenvalue weighted by atomic mass is 9.86. The van der Waals surface area contributed by atoms with Crippen LogP contribution in [0.2, 0.25) is 0 Å². The molecule has 2 aliphatic heterocycles. The normalized spacial score (nSPS) is 23.8. The molecule has 2 aliphatic rings. The molecule has 0 unspecified atom stereocenters. The maximum Gasteiger partial charge on any atom is 0.201 e. The highest BCUT2D eigenvalue weighted by Crippen LogP contribution is 2.39. The molecule has 3 atom stereocenters. The molecule has 2 heterocycles. The van der Waals surface area contributed by atoms with Crippen LogP contribution in [0.1, 0.15) is 36.6 Å². The minimum absolute atomic E-state index is 0.0409. The highest BCUT2D eigenvalue weighted by atomic mass is 16.5.